The molecule has 1 amide bonds. The lowest BCUT2D eigenvalue weighted by molar-refractivity contribution is 0.0871. The van der Waals surface area contributed by atoms with Crippen molar-refractivity contribution < 1.29 is 14.6 Å². The zero-order chi connectivity index (χ0) is 26.7. The third-order valence-electron chi connectivity index (χ3n) is 6.99. The van der Waals surface area contributed by atoms with Crippen LogP contribution in [0.2, 0.25) is 25.7 Å². The van der Waals surface area contributed by atoms with Crippen molar-refractivity contribution >= 4 is 14.2 Å². The second-order valence-corrected chi connectivity index (χ2v) is 16.7. The molecule has 1 unspecified atom stereocenters. The van der Waals surface area contributed by atoms with Gasteiger partial charge in [-0.15, -0.1) is 0 Å². The Morgan fingerprint density at radius 2 is 1.68 bits per heavy atom. The molecule has 2 N–H and O–H groups in total. The highest BCUT2D eigenvalue weighted by Crippen LogP contribution is 2.32. The SMILES string of the molecule is C[Si](C)(C)CCOCn1cnc(-c2ccc(-c3ccc(-c4cnc(C5CCCN5C(=O)O)[nH]4)cc3)cc2)c1. The van der Waals surface area contributed by atoms with Gasteiger partial charge in [0.15, 0.2) is 0 Å². The molecular formula is C29H35N5O3Si. The van der Waals surface area contributed by atoms with Gasteiger partial charge in [-0.2, -0.15) is 0 Å². The first kappa shape index (κ1) is 25.9. The van der Waals surface area contributed by atoms with E-state index in [0.29, 0.717) is 19.1 Å². The first-order valence-corrected chi connectivity index (χ1v) is 16.8. The molecule has 8 nitrogen and oxygen atoms in total. The number of likely N-dealkylation sites (tertiary alicyclic amines) is 1. The maximum Gasteiger partial charge on any atom is 0.407 e. The highest BCUT2D eigenvalue weighted by atomic mass is 28.3. The van der Waals surface area contributed by atoms with Crippen LogP contribution in [0.3, 0.4) is 0 Å². The van der Waals surface area contributed by atoms with Gasteiger partial charge in [-0.3, -0.25) is 4.90 Å². The van der Waals surface area contributed by atoms with Crippen LogP contribution in [-0.4, -0.2) is 56.8 Å². The molecule has 2 aromatic carbocycles. The van der Waals surface area contributed by atoms with Crippen LogP contribution in [0.4, 0.5) is 4.79 Å². The van der Waals surface area contributed by atoms with Crippen molar-refractivity contribution in [2.24, 2.45) is 0 Å². The zero-order valence-electron chi connectivity index (χ0n) is 22.2. The Morgan fingerprint density at radius 1 is 1.03 bits per heavy atom. The molecule has 0 saturated carbocycles. The summed E-state index contributed by atoms with van der Waals surface area (Å²) >= 11 is 0. The summed E-state index contributed by atoms with van der Waals surface area (Å²) in [6.07, 6.45) is 6.39. The number of rotatable bonds is 9. The molecular weight excluding hydrogens is 494 g/mol. The Bertz CT molecular complexity index is 1370. The van der Waals surface area contributed by atoms with Gasteiger partial charge in [-0.1, -0.05) is 68.2 Å². The van der Waals surface area contributed by atoms with Gasteiger partial charge < -0.3 is 19.4 Å². The first-order valence-electron chi connectivity index (χ1n) is 13.1. The average Bonchev–Trinajstić information content (AvgIpc) is 3.67. The lowest BCUT2D eigenvalue weighted by atomic mass is 10.0. The third-order valence-corrected chi connectivity index (χ3v) is 8.69. The summed E-state index contributed by atoms with van der Waals surface area (Å²) in [6, 6.07) is 17.7. The van der Waals surface area contributed by atoms with Crippen molar-refractivity contribution in [3.8, 4) is 33.6 Å². The Morgan fingerprint density at radius 3 is 2.34 bits per heavy atom. The second kappa shape index (κ2) is 11.0. The topological polar surface area (TPSA) is 96.3 Å². The Labute approximate surface area is 224 Å². The Kier molecular flexibility index (Phi) is 7.48. The minimum Gasteiger partial charge on any atom is -0.465 e. The monoisotopic (exact) mass is 529 g/mol. The summed E-state index contributed by atoms with van der Waals surface area (Å²) < 4.78 is 7.82. The molecule has 0 bridgehead atoms. The molecule has 4 aromatic rings. The number of nitrogens with zero attached hydrogens (tertiary/aromatic N) is 4. The summed E-state index contributed by atoms with van der Waals surface area (Å²) in [6.45, 7) is 8.94. The van der Waals surface area contributed by atoms with E-state index in [9.17, 15) is 9.90 Å². The number of imidazole rings is 2. The van der Waals surface area contributed by atoms with Crippen LogP contribution in [0.25, 0.3) is 33.6 Å². The van der Waals surface area contributed by atoms with Crippen LogP contribution >= 0.6 is 0 Å². The van der Waals surface area contributed by atoms with E-state index in [4.69, 9.17) is 4.74 Å². The second-order valence-electron chi connectivity index (χ2n) is 11.1. The average molecular weight is 530 g/mol. The van der Waals surface area contributed by atoms with Gasteiger partial charge in [-0.05, 0) is 35.6 Å². The number of amides is 1. The van der Waals surface area contributed by atoms with E-state index in [1.165, 1.54) is 4.90 Å². The summed E-state index contributed by atoms with van der Waals surface area (Å²) in [4.78, 5) is 25.3. The molecule has 0 aliphatic carbocycles. The summed E-state index contributed by atoms with van der Waals surface area (Å²) in [5.74, 6) is 0.708. The number of aromatic nitrogens is 4. The molecule has 1 atom stereocenters. The Hall–Kier alpha value is -3.69. The van der Waals surface area contributed by atoms with E-state index in [2.05, 4.69) is 83.1 Å². The maximum atomic E-state index is 11.5. The van der Waals surface area contributed by atoms with Crippen LogP contribution < -0.4 is 0 Å². The molecule has 1 fully saturated rings. The quantitative estimate of drug-likeness (QED) is 0.185. The predicted octanol–water partition coefficient (Wildman–Crippen LogP) is 6.73. The van der Waals surface area contributed by atoms with Crippen molar-refractivity contribution in [2.45, 2.75) is 51.3 Å². The summed E-state index contributed by atoms with van der Waals surface area (Å²) in [5, 5.41) is 9.43. The van der Waals surface area contributed by atoms with Gasteiger partial charge >= 0.3 is 6.09 Å². The number of nitrogens with one attached hydrogen (secondary N) is 1. The number of aromatic amines is 1. The molecule has 0 radical (unpaired) electrons. The van der Waals surface area contributed by atoms with Crippen molar-refractivity contribution in [1.29, 1.82) is 0 Å². The van der Waals surface area contributed by atoms with Crippen LogP contribution in [-0.2, 0) is 11.5 Å². The van der Waals surface area contributed by atoms with Gasteiger partial charge in [-0.25, -0.2) is 14.8 Å². The van der Waals surface area contributed by atoms with Crippen molar-refractivity contribution in [3.05, 3.63) is 73.1 Å². The van der Waals surface area contributed by atoms with Crippen molar-refractivity contribution in [3.63, 3.8) is 0 Å². The van der Waals surface area contributed by atoms with Crippen molar-refractivity contribution in [1.82, 2.24) is 24.4 Å². The van der Waals surface area contributed by atoms with Gasteiger partial charge in [0.25, 0.3) is 0 Å². The number of hydrogen-bond donors (Lipinski definition) is 2. The first-order chi connectivity index (χ1) is 18.3. The number of benzene rings is 2. The van der Waals surface area contributed by atoms with E-state index in [-0.39, 0.29) is 6.04 Å². The van der Waals surface area contributed by atoms with Crippen LogP contribution in [0, 0.1) is 0 Å². The fourth-order valence-corrected chi connectivity index (χ4v) is 5.49. The van der Waals surface area contributed by atoms with Crippen LogP contribution in [0.15, 0.2) is 67.3 Å². The molecule has 198 valence electrons. The highest BCUT2D eigenvalue weighted by molar-refractivity contribution is 6.76. The number of hydrogen-bond acceptors (Lipinski definition) is 4. The van der Waals surface area contributed by atoms with Gasteiger partial charge in [0, 0.05) is 33.0 Å². The lowest BCUT2D eigenvalue weighted by Crippen LogP contribution is -2.29. The van der Waals surface area contributed by atoms with Gasteiger partial charge in [0.2, 0.25) is 0 Å². The minimum atomic E-state index is -1.08. The largest absolute Gasteiger partial charge is 0.465 e. The molecule has 1 aliphatic rings. The molecule has 1 saturated heterocycles. The van der Waals surface area contributed by atoms with Crippen LogP contribution in [0.1, 0.15) is 24.7 Å². The molecule has 38 heavy (non-hydrogen) atoms. The summed E-state index contributed by atoms with van der Waals surface area (Å²) in [5.41, 5.74) is 6.15. The minimum absolute atomic E-state index is 0.201. The Balaban J connectivity index is 1.21. The fraction of sp³-hybridized carbons (Fsp3) is 0.345. The van der Waals surface area contributed by atoms with E-state index in [1.54, 1.807) is 6.20 Å². The van der Waals surface area contributed by atoms with E-state index in [0.717, 1.165) is 59.1 Å². The molecule has 9 heteroatoms. The number of carboxylic acid groups (broad SMARTS) is 1. The van der Waals surface area contributed by atoms with Gasteiger partial charge in [0.1, 0.15) is 12.6 Å². The smallest absolute Gasteiger partial charge is 0.407 e. The highest BCUT2D eigenvalue weighted by Gasteiger charge is 2.31. The van der Waals surface area contributed by atoms with Crippen molar-refractivity contribution in [2.75, 3.05) is 13.2 Å². The number of H-pyrrole nitrogens is 1. The van der Waals surface area contributed by atoms with E-state index >= 15 is 0 Å². The molecule has 0 spiro atoms. The van der Waals surface area contributed by atoms with Gasteiger partial charge in [0.05, 0.1) is 30.0 Å². The molecule has 2 aromatic heterocycles. The normalized spacial score (nSPS) is 15.8. The standard InChI is InChI=1S/C29H35N5O3Si/c1-38(2,3)16-15-37-20-33-18-26(31-19-33)24-12-8-22(9-13-24)21-6-10-23(11-7-21)25-17-30-28(32-25)27-5-4-14-34(27)29(35)36/h6-13,17-19,27H,4-5,14-16,20H2,1-3H3,(H,30,32)(H,35,36). The van der Waals surface area contributed by atoms with Crippen LogP contribution in [0.5, 0.6) is 0 Å². The molecule has 3 heterocycles. The fourth-order valence-electron chi connectivity index (χ4n) is 4.74. The zero-order valence-corrected chi connectivity index (χ0v) is 23.2. The lowest BCUT2D eigenvalue weighted by Gasteiger charge is -2.19. The summed E-state index contributed by atoms with van der Waals surface area (Å²) in [7, 11) is -1.08. The number of carbonyl (C=O) groups is 1. The van der Waals surface area contributed by atoms with E-state index in [1.807, 2.05) is 17.1 Å². The maximum absolute atomic E-state index is 11.5. The molecule has 1 aliphatic heterocycles. The predicted molar refractivity (Wildman–Crippen MR) is 151 cm³/mol. The molecule has 5 rings (SSSR count). The number of ether oxygens (including phenoxy) is 1. The van der Waals surface area contributed by atoms with E-state index < -0.39 is 14.2 Å². The third kappa shape index (κ3) is 6.06.